The largest absolute Gasteiger partial charge is 0.490 e. The highest BCUT2D eigenvalue weighted by atomic mass is 19.3. The second kappa shape index (κ2) is 10.5. The molecule has 0 saturated heterocycles. The number of nitrogens with one attached hydrogen (secondary N) is 1. The van der Waals surface area contributed by atoms with Crippen LogP contribution in [0.15, 0.2) is 42.5 Å². The van der Waals surface area contributed by atoms with Crippen LogP contribution in [-0.4, -0.2) is 25.7 Å². The van der Waals surface area contributed by atoms with E-state index < -0.39 is 12.7 Å². The van der Waals surface area contributed by atoms with E-state index in [0.29, 0.717) is 35.8 Å². The van der Waals surface area contributed by atoms with E-state index in [-0.39, 0.29) is 11.7 Å². The number of carbonyl (C=O) groups is 1. The van der Waals surface area contributed by atoms with E-state index >= 15 is 0 Å². The first-order chi connectivity index (χ1) is 13.4. The van der Waals surface area contributed by atoms with Gasteiger partial charge < -0.3 is 19.5 Å². The van der Waals surface area contributed by atoms with Gasteiger partial charge in [0, 0.05) is 5.56 Å². The lowest BCUT2D eigenvalue weighted by atomic mass is 10.1. The molecule has 1 unspecified atom stereocenters. The number of amides is 1. The monoisotopic (exact) mass is 393 g/mol. The molecule has 2 rings (SSSR count). The standard InChI is InChI=1S/C21H25F2NO4/c1-4-11-27-18-10-9-16(13-19(18)26-5-2)20(25)24-14(3)15-7-6-8-17(12-15)28-21(22)23/h6-10,12-14,21H,4-5,11H2,1-3H3,(H,24,25). The number of halogens is 2. The number of alkyl halides is 2. The van der Waals surface area contributed by atoms with E-state index in [0.717, 1.165) is 6.42 Å². The fraction of sp³-hybridized carbons (Fsp3) is 0.381. The first-order valence-corrected chi connectivity index (χ1v) is 9.19. The molecule has 152 valence electrons. The maximum absolute atomic E-state index is 12.6. The number of hydrogen-bond acceptors (Lipinski definition) is 4. The summed E-state index contributed by atoms with van der Waals surface area (Å²) >= 11 is 0. The first-order valence-electron chi connectivity index (χ1n) is 9.19. The Kier molecular flexibility index (Phi) is 8.04. The van der Waals surface area contributed by atoms with Crippen LogP contribution in [0, 0.1) is 0 Å². The lowest BCUT2D eigenvalue weighted by Gasteiger charge is -2.17. The third-order valence-electron chi connectivity index (χ3n) is 3.90. The van der Waals surface area contributed by atoms with Gasteiger partial charge in [0.15, 0.2) is 11.5 Å². The van der Waals surface area contributed by atoms with Crippen LogP contribution < -0.4 is 19.5 Å². The lowest BCUT2D eigenvalue weighted by Crippen LogP contribution is -2.26. The van der Waals surface area contributed by atoms with Crippen molar-refractivity contribution >= 4 is 5.91 Å². The molecule has 28 heavy (non-hydrogen) atoms. The van der Waals surface area contributed by atoms with Gasteiger partial charge >= 0.3 is 6.61 Å². The van der Waals surface area contributed by atoms with Crippen molar-refractivity contribution in [2.45, 2.75) is 39.8 Å². The molecule has 5 nitrogen and oxygen atoms in total. The van der Waals surface area contributed by atoms with Crippen LogP contribution in [0.5, 0.6) is 17.2 Å². The van der Waals surface area contributed by atoms with Crippen molar-refractivity contribution in [1.29, 1.82) is 0 Å². The van der Waals surface area contributed by atoms with E-state index in [4.69, 9.17) is 9.47 Å². The van der Waals surface area contributed by atoms with Crippen LogP contribution in [0.1, 0.15) is 49.2 Å². The number of rotatable bonds is 10. The Morgan fingerprint density at radius 1 is 1.07 bits per heavy atom. The fourth-order valence-electron chi connectivity index (χ4n) is 2.57. The van der Waals surface area contributed by atoms with Crippen molar-refractivity contribution in [2.75, 3.05) is 13.2 Å². The van der Waals surface area contributed by atoms with Crippen molar-refractivity contribution in [3.63, 3.8) is 0 Å². The topological polar surface area (TPSA) is 56.8 Å². The molecular weight excluding hydrogens is 368 g/mol. The number of carbonyl (C=O) groups excluding carboxylic acids is 1. The van der Waals surface area contributed by atoms with Crippen molar-refractivity contribution < 1.29 is 27.8 Å². The molecule has 0 heterocycles. The summed E-state index contributed by atoms with van der Waals surface area (Å²) < 4.78 is 40.4. The SMILES string of the molecule is CCCOc1ccc(C(=O)NC(C)c2cccc(OC(F)F)c2)cc1OCC. The quantitative estimate of drug-likeness (QED) is 0.619. The Labute approximate surface area is 163 Å². The van der Waals surface area contributed by atoms with Gasteiger partial charge in [-0.1, -0.05) is 19.1 Å². The fourth-order valence-corrected chi connectivity index (χ4v) is 2.57. The molecule has 0 fully saturated rings. The predicted octanol–water partition coefficient (Wildman–Crippen LogP) is 4.97. The van der Waals surface area contributed by atoms with Gasteiger partial charge in [-0.25, -0.2) is 0 Å². The summed E-state index contributed by atoms with van der Waals surface area (Å²) in [5.74, 6) is 0.828. The van der Waals surface area contributed by atoms with Crippen LogP contribution >= 0.6 is 0 Å². The van der Waals surface area contributed by atoms with E-state index in [1.807, 2.05) is 13.8 Å². The Balaban J connectivity index is 2.12. The molecule has 2 aromatic carbocycles. The molecule has 0 aliphatic heterocycles. The molecule has 1 N–H and O–H groups in total. The zero-order valence-corrected chi connectivity index (χ0v) is 16.2. The van der Waals surface area contributed by atoms with E-state index in [9.17, 15) is 13.6 Å². The van der Waals surface area contributed by atoms with E-state index in [1.165, 1.54) is 12.1 Å². The normalized spacial score (nSPS) is 11.8. The second-order valence-electron chi connectivity index (χ2n) is 6.09. The van der Waals surface area contributed by atoms with Gasteiger partial charge in [0.1, 0.15) is 5.75 Å². The van der Waals surface area contributed by atoms with Crippen molar-refractivity contribution in [3.05, 3.63) is 53.6 Å². The van der Waals surface area contributed by atoms with Crippen LogP contribution in [-0.2, 0) is 0 Å². The summed E-state index contributed by atoms with van der Waals surface area (Å²) in [6.45, 7) is 3.73. The minimum atomic E-state index is -2.90. The van der Waals surface area contributed by atoms with Gasteiger partial charge in [-0.05, 0) is 56.2 Å². The van der Waals surface area contributed by atoms with Gasteiger partial charge in [-0.2, -0.15) is 8.78 Å². The average Bonchev–Trinajstić information content (AvgIpc) is 2.66. The zero-order valence-electron chi connectivity index (χ0n) is 16.2. The highest BCUT2D eigenvalue weighted by molar-refractivity contribution is 5.95. The van der Waals surface area contributed by atoms with Crippen molar-refractivity contribution in [3.8, 4) is 17.2 Å². The Hall–Kier alpha value is -2.83. The summed E-state index contributed by atoms with van der Waals surface area (Å²) in [5, 5.41) is 2.85. The summed E-state index contributed by atoms with van der Waals surface area (Å²) in [7, 11) is 0. The third-order valence-corrected chi connectivity index (χ3v) is 3.90. The van der Waals surface area contributed by atoms with Crippen LogP contribution in [0.3, 0.4) is 0 Å². The Morgan fingerprint density at radius 2 is 1.86 bits per heavy atom. The van der Waals surface area contributed by atoms with Crippen LogP contribution in [0.2, 0.25) is 0 Å². The lowest BCUT2D eigenvalue weighted by molar-refractivity contribution is -0.0499. The predicted molar refractivity (Wildman–Crippen MR) is 102 cm³/mol. The van der Waals surface area contributed by atoms with Crippen LogP contribution in [0.4, 0.5) is 8.78 Å². The Bertz CT molecular complexity index is 783. The maximum Gasteiger partial charge on any atom is 0.387 e. The van der Waals surface area contributed by atoms with Crippen molar-refractivity contribution in [1.82, 2.24) is 5.32 Å². The van der Waals surface area contributed by atoms with Gasteiger partial charge in [0.2, 0.25) is 0 Å². The first kappa shape index (κ1) is 21.5. The molecule has 2 aromatic rings. The molecule has 1 atom stereocenters. The van der Waals surface area contributed by atoms with Gasteiger partial charge in [0.25, 0.3) is 5.91 Å². The smallest absolute Gasteiger partial charge is 0.387 e. The number of benzene rings is 2. The minimum Gasteiger partial charge on any atom is -0.490 e. The summed E-state index contributed by atoms with van der Waals surface area (Å²) in [5.41, 5.74) is 1.07. The summed E-state index contributed by atoms with van der Waals surface area (Å²) in [4.78, 5) is 12.6. The number of hydrogen-bond donors (Lipinski definition) is 1. The molecule has 0 aliphatic rings. The molecule has 0 saturated carbocycles. The molecule has 0 aromatic heterocycles. The maximum atomic E-state index is 12.6. The average molecular weight is 393 g/mol. The highest BCUT2D eigenvalue weighted by Gasteiger charge is 2.15. The molecule has 7 heteroatoms. The molecule has 1 amide bonds. The van der Waals surface area contributed by atoms with E-state index in [1.54, 1.807) is 37.3 Å². The third kappa shape index (κ3) is 6.11. The van der Waals surface area contributed by atoms with Crippen LogP contribution in [0.25, 0.3) is 0 Å². The molecule has 0 radical (unpaired) electrons. The highest BCUT2D eigenvalue weighted by Crippen LogP contribution is 2.29. The van der Waals surface area contributed by atoms with Gasteiger partial charge in [-0.3, -0.25) is 4.79 Å². The van der Waals surface area contributed by atoms with Crippen molar-refractivity contribution in [2.24, 2.45) is 0 Å². The molecular formula is C21H25F2NO4. The minimum absolute atomic E-state index is 0.0460. The second-order valence-corrected chi connectivity index (χ2v) is 6.09. The number of ether oxygens (including phenoxy) is 3. The van der Waals surface area contributed by atoms with E-state index in [2.05, 4.69) is 10.1 Å². The summed E-state index contributed by atoms with van der Waals surface area (Å²) in [6, 6.07) is 10.8. The molecule has 0 bridgehead atoms. The Morgan fingerprint density at radius 3 is 2.54 bits per heavy atom. The molecule has 0 spiro atoms. The molecule has 0 aliphatic carbocycles. The van der Waals surface area contributed by atoms with Gasteiger partial charge in [0.05, 0.1) is 19.3 Å². The van der Waals surface area contributed by atoms with Gasteiger partial charge in [-0.15, -0.1) is 0 Å². The summed E-state index contributed by atoms with van der Waals surface area (Å²) in [6.07, 6.45) is 0.861. The zero-order chi connectivity index (χ0) is 20.5.